The SMILES string of the molecule is O=C1c2cc(COc3ccccc3)nn2CCN1Cc1ccc(F)cc1. The molecule has 0 aliphatic carbocycles. The number of amides is 1. The number of hydrogen-bond acceptors (Lipinski definition) is 3. The third-order valence-electron chi connectivity index (χ3n) is 4.34. The molecule has 0 bridgehead atoms. The number of carbonyl (C=O) groups is 1. The van der Waals surface area contributed by atoms with Crippen LogP contribution >= 0.6 is 0 Å². The highest BCUT2D eigenvalue weighted by Gasteiger charge is 2.26. The van der Waals surface area contributed by atoms with Gasteiger partial charge in [0.15, 0.2) is 0 Å². The second-order valence-corrected chi connectivity index (χ2v) is 6.20. The zero-order valence-corrected chi connectivity index (χ0v) is 14.1. The maximum absolute atomic E-state index is 13.0. The average Bonchev–Trinajstić information content (AvgIpc) is 3.09. The Kier molecular flexibility index (Phi) is 4.39. The molecule has 2 heterocycles. The molecule has 1 amide bonds. The van der Waals surface area contributed by atoms with Gasteiger partial charge in [-0.25, -0.2) is 4.39 Å². The molecule has 2 aromatic carbocycles. The van der Waals surface area contributed by atoms with E-state index < -0.39 is 0 Å². The number of nitrogens with zero attached hydrogens (tertiary/aromatic N) is 3. The fourth-order valence-corrected chi connectivity index (χ4v) is 3.00. The van der Waals surface area contributed by atoms with Crippen molar-refractivity contribution in [1.82, 2.24) is 14.7 Å². The van der Waals surface area contributed by atoms with Crippen LogP contribution in [-0.2, 0) is 19.7 Å². The monoisotopic (exact) mass is 351 g/mol. The van der Waals surface area contributed by atoms with Gasteiger partial charge in [-0.05, 0) is 35.9 Å². The van der Waals surface area contributed by atoms with Crippen LogP contribution in [0.15, 0.2) is 60.7 Å². The Morgan fingerprint density at radius 1 is 1.04 bits per heavy atom. The zero-order chi connectivity index (χ0) is 17.9. The number of fused-ring (bicyclic) bond motifs is 1. The van der Waals surface area contributed by atoms with E-state index >= 15 is 0 Å². The van der Waals surface area contributed by atoms with Crippen LogP contribution in [0.3, 0.4) is 0 Å². The van der Waals surface area contributed by atoms with Crippen LogP contribution in [0.5, 0.6) is 5.75 Å². The van der Waals surface area contributed by atoms with E-state index in [0.29, 0.717) is 31.9 Å². The van der Waals surface area contributed by atoms with Crippen molar-refractivity contribution in [3.05, 3.63) is 83.4 Å². The number of carbonyl (C=O) groups excluding carboxylic acids is 1. The van der Waals surface area contributed by atoms with Crippen LogP contribution in [-0.4, -0.2) is 27.1 Å². The molecule has 1 aliphatic rings. The van der Waals surface area contributed by atoms with Crippen LogP contribution < -0.4 is 4.74 Å². The van der Waals surface area contributed by atoms with E-state index in [4.69, 9.17) is 4.74 Å². The Bertz CT molecular complexity index is 907. The van der Waals surface area contributed by atoms with E-state index in [2.05, 4.69) is 5.10 Å². The summed E-state index contributed by atoms with van der Waals surface area (Å²) in [5.41, 5.74) is 2.19. The summed E-state index contributed by atoms with van der Waals surface area (Å²) in [5.74, 6) is 0.418. The van der Waals surface area contributed by atoms with Gasteiger partial charge in [0.05, 0.1) is 6.54 Å². The number of aromatic nitrogens is 2. The Hall–Kier alpha value is -3.15. The molecular weight excluding hydrogens is 333 g/mol. The average molecular weight is 351 g/mol. The summed E-state index contributed by atoms with van der Waals surface area (Å²) in [6, 6.07) is 17.5. The number of hydrogen-bond donors (Lipinski definition) is 0. The zero-order valence-electron chi connectivity index (χ0n) is 14.1. The fraction of sp³-hybridized carbons (Fsp3) is 0.200. The maximum atomic E-state index is 13.0. The highest BCUT2D eigenvalue weighted by Crippen LogP contribution is 2.18. The van der Waals surface area contributed by atoms with E-state index in [9.17, 15) is 9.18 Å². The molecule has 0 N–H and O–H groups in total. The van der Waals surface area contributed by atoms with Gasteiger partial charge in [0.1, 0.15) is 29.6 Å². The minimum atomic E-state index is -0.278. The van der Waals surface area contributed by atoms with Crippen molar-refractivity contribution < 1.29 is 13.9 Å². The first-order chi connectivity index (χ1) is 12.7. The van der Waals surface area contributed by atoms with Crippen molar-refractivity contribution in [1.29, 1.82) is 0 Å². The highest BCUT2D eigenvalue weighted by atomic mass is 19.1. The maximum Gasteiger partial charge on any atom is 0.272 e. The van der Waals surface area contributed by atoms with Crippen LogP contribution in [0, 0.1) is 5.82 Å². The van der Waals surface area contributed by atoms with Crippen LogP contribution in [0.4, 0.5) is 4.39 Å². The number of benzene rings is 2. The van der Waals surface area contributed by atoms with Gasteiger partial charge in [-0.15, -0.1) is 0 Å². The van der Waals surface area contributed by atoms with Crippen molar-refractivity contribution in [3.8, 4) is 5.75 Å². The van der Waals surface area contributed by atoms with E-state index in [1.54, 1.807) is 27.8 Å². The Morgan fingerprint density at radius 3 is 2.58 bits per heavy atom. The third-order valence-corrected chi connectivity index (χ3v) is 4.34. The van der Waals surface area contributed by atoms with Gasteiger partial charge in [-0.2, -0.15) is 5.10 Å². The number of ether oxygens (including phenoxy) is 1. The first kappa shape index (κ1) is 16.3. The largest absolute Gasteiger partial charge is 0.487 e. The second kappa shape index (κ2) is 7.00. The molecule has 0 radical (unpaired) electrons. The lowest BCUT2D eigenvalue weighted by molar-refractivity contribution is 0.0683. The van der Waals surface area contributed by atoms with Crippen molar-refractivity contribution in [2.24, 2.45) is 0 Å². The lowest BCUT2D eigenvalue weighted by Gasteiger charge is -2.27. The van der Waals surface area contributed by atoms with Crippen LogP contribution in [0.25, 0.3) is 0 Å². The van der Waals surface area contributed by atoms with Gasteiger partial charge in [-0.1, -0.05) is 30.3 Å². The summed E-state index contributed by atoms with van der Waals surface area (Å²) in [5, 5.41) is 4.46. The van der Waals surface area contributed by atoms with Gasteiger partial charge >= 0.3 is 0 Å². The summed E-state index contributed by atoms with van der Waals surface area (Å²) < 4.78 is 20.5. The highest BCUT2D eigenvalue weighted by molar-refractivity contribution is 5.93. The van der Waals surface area contributed by atoms with Crippen LogP contribution in [0.2, 0.25) is 0 Å². The van der Waals surface area contributed by atoms with Gasteiger partial charge < -0.3 is 9.64 Å². The summed E-state index contributed by atoms with van der Waals surface area (Å²) in [6.07, 6.45) is 0. The molecule has 0 saturated heterocycles. The summed E-state index contributed by atoms with van der Waals surface area (Å²) in [6.45, 7) is 1.98. The van der Waals surface area contributed by atoms with E-state index in [-0.39, 0.29) is 11.7 Å². The molecule has 132 valence electrons. The quantitative estimate of drug-likeness (QED) is 0.709. The van der Waals surface area contributed by atoms with Gasteiger partial charge in [0, 0.05) is 13.1 Å². The first-order valence-electron chi connectivity index (χ1n) is 8.47. The van der Waals surface area contributed by atoms with Crippen LogP contribution in [0.1, 0.15) is 21.7 Å². The molecule has 3 aromatic rings. The molecule has 6 heteroatoms. The molecule has 0 spiro atoms. The molecule has 0 fully saturated rings. The van der Waals surface area contributed by atoms with Crippen molar-refractivity contribution in [2.75, 3.05) is 6.54 Å². The van der Waals surface area contributed by atoms with Crippen molar-refractivity contribution >= 4 is 5.91 Å². The number of para-hydroxylation sites is 1. The lowest BCUT2D eigenvalue weighted by atomic mass is 10.2. The first-order valence-corrected chi connectivity index (χ1v) is 8.47. The molecule has 0 saturated carbocycles. The summed E-state index contributed by atoms with van der Waals surface area (Å²) in [4.78, 5) is 14.5. The third kappa shape index (κ3) is 3.44. The molecule has 5 nitrogen and oxygen atoms in total. The lowest BCUT2D eigenvalue weighted by Crippen LogP contribution is -2.39. The number of halogens is 1. The van der Waals surface area contributed by atoms with Crippen molar-refractivity contribution in [3.63, 3.8) is 0 Å². The van der Waals surface area contributed by atoms with Crippen molar-refractivity contribution in [2.45, 2.75) is 19.7 Å². The Balaban J connectivity index is 1.44. The molecule has 4 rings (SSSR count). The summed E-state index contributed by atoms with van der Waals surface area (Å²) in [7, 11) is 0. The predicted octanol–water partition coefficient (Wildman–Crippen LogP) is 3.26. The topological polar surface area (TPSA) is 47.4 Å². The molecule has 1 aliphatic heterocycles. The molecule has 1 aromatic heterocycles. The minimum Gasteiger partial charge on any atom is -0.487 e. The second-order valence-electron chi connectivity index (χ2n) is 6.20. The molecule has 0 unspecified atom stereocenters. The molecule has 26 heavy (non-hydrogen) atoms. The van der Waals surface area contributed by atoms with E-state index in [1.165, 1.54) is 12.1 Å². The number of rotatable bonds is 5. The molecular formula is C20H18FN3O2. The minimum absolute atomic E-state index is 0.0703. The normalized spacial score (nSPS) is 13.6. The fourth-order valence-electron chi connectivity index (χ4n) is 3.00. The smallest absolute Gasteiger partial charge is 0.272 e. The predicted molar refractivity (Wildman–Crippen MR) is 94.1 cm³/mol. The standard InChI is InChI=1S/C20H18FN3O2/c21-16-8-6-15(7-9-16)13-23-10-11-24-19(20(23)25)12-17(22-24)14-26-18-4-2-1-3-5-18/h1-9,12H,10-11,13-14H2. The van der Waals surface area contributed by atoms with Gasteiger partial charge in [-0.3, -0.25) is 9.48 Å². The van der Waals surface area contributed by atoms with E-state index in [0.717, 1.165) is 17.0 Å². The summed E-state index contributed by atoms with van der Waals surface area (Å²) >= 11 is 0. The molecule has 0 atom stereocenters. The Morgan fingerprint density at radius 2 is 1.81 bits per heavy atom. The van der Waals surface area contributed by atoms with Gasteiger partial charge in [0.2, 0.25) is 0 Å². The van der Waals surface area contributed by atoms with E-state index in [1.807, 2.05) is 30.3 Å². The Labute approximate surface area is 150 Å². The van der Waals surface area contributed by atoms with Gasteiger partial charge in [0.25, 0.3) is 5.91 Å².